The first-order valence-electron chi connectivity index (χ1n) is 8.40. The molecule has 1 fully saturated rings. The zero-order valence-corrected chi connectivity index (χ0v) is 15.6. The smallest absolute Gasteiger partial charge is 0.184 e. The average molecular weight is 357 g/mol. The van der Waals surface area contributed by atoms with E-state index in [-0.39, 0.29) is 17.6 Å². The molecule has 1 aliphatic rings. The van der Waals surface area contributed by atoms with Crippen LogP contribution < -0.4 is 0 Å². The van der Waals surface area contributed by atoms with Crippen molar-refractivity contribution < 1.29 is 9.47 Å². The van der Waals surface area contributed by atoms with Crippen molar-refractivity contribution in [3.05, 3.63) is 47.7 Å². The number of benzene rings is 1. The molecule has 6 heteroatoms. The van der Waals surface area contributed by atoms with Crippen molar-refractivity contribution in [1.29, 1.82) is 0 Å². The Labute approximate surface area is 153 Å². The number of aliphatic imine (C=N–C) groups is 1. The summed E-state index contributed by atoms with van der Waals surface area (Å²) >= 11 is 4.72. The molecule has 2 heterocycles. The Kier molecular flexibility index (Phi) is 5.45. The Hall–Kier alpha value is -1.85. The van der Waals surface area contributed by atoms with Crippen molar-refractivity contribution in [1.82, 2.24) is 9.78 Å². The molecule has 0 bridgehead atoms. The van der Waals surface area contributed by atoms with E-state index in [9.17, 15) is 0 Å². The number of ether oxygens (including phenoxy) is 2. The predicted molar refractivity (Wildman–Crippen MR) is 100 cm³/mol. The van der Waals surface area contributed by atoms with E-state index in [1.807, 2.05) is 28.9 Å². The maximum atomic E-state index is 6.14. The standard InChI is InChI=1S/C19H23N3O2S/c1-19(2,3)17-9-18(20-13-25)21-22(17)15-11-23-12-16(15)24-10-14-7-5-4-6-8-14/h4-9,15-16H,10-12H2,1-3H3. The fourth-order valence-corrected chi connectivity index (χ4v) is 3.08. The molecular weight excluding hydrogens is 334 g/mol. The molecule has 1 saturated heterocycles. The van der Waals surface area contributed by atoms with Crippen LogP contribution in [0.1, 0.15) is 38.1 Å². The van der Waals surface area contributed by atoms with Crippen LogP contribution in [0.25, 0.3) is 0 Å². The first kappa shape index (κ1) is 18.0. The summed E-state index contributed by atoms with van der Waals surface area (Å²) < 4.78 is 13.8. The largest absolute Gasteiger partial charge is 0.376 e. The van der Waals surface area contributed by atoms with Crippen LogP contribution in [0.4, 0.5) is 5.82 Å². The van der Waals surface area contributed by atoms with Crippen molar-refractivity contribution in [3.8, 4) is 0 Å². The molecule has 0 amide bonds. The van der Waals surface area contributed by atoms with Gasteiger partial charge in [0.1, 0.15) is 12.1 Å². The van der Waals surface area contributed by atoms with E-state index in [2.05, 4.69) is 48.2 Å². The van der Waals surface area contributed by atoms with Gasteiger partial charge in [0, 0.05) is 17.2 Å². The molecule has 0 N–H and O–H groups in total. The average Bonchev–Trinajstić information content (AvgIpc) is 3.20. The SMILES string of the molecule is CC(C)(C)c1cc(N=C=S)nn1C1COCC1OCc1ccccc1. The van der Waals surface area contributed by atoms with Gasteiger partial charge in [-0.25, -0.2) is 0 Å². The highest BCUT2D eigenvalue weighted by atomic mass is 32.1. The van der Waals surface area contributed by atoms with Crippen LogP contribution in [-0.4, -0.2) is 34.3 Å². The van der Waals surface area contributed by atoms with Crippen LogP contribution in [0.3, 0.4) is 0 Å². The van der Waals surface area contributed by atoms with Gasteiger partial charge in [0.05, 0.1) is 25.0 Å². The van der Waals surface area contributed by atoms with E-state index in [0.29, 0.717) is 25.6 Å². The summed E-state index contributed by atoms with van der Waals surface area (Å²) in [7, 11) is 0. The lowest BCUT2D eigenvalue weighted by atomic mass is 9.91. The Morgan fingerprint density at radius 3 is 2.76 bits per heavy atom. The Morgan fingerprint density at radius 2 is 2.08 bits per heavy atom. The van der Waals surface area contributed by atoms with Gasteiger partial charge in [-0.3, -0.25) is 4.68 Å². The summed E-state index contributed by atoms with van der Waals surface area (Å²) in [6, 6.07) is 12.1. The zero-order chi connectivity index (χ0) is 17.9. The lowest BCUT2D eigenvalue weighted by Crippen LogP contribution is -2.30. The maximum absolute atomic E-state index is 6.14. The molecule has 1 aromatic carbocycles. The summed E-state index contributed by atoms with van der Waals surface area (Å²) in [4.78, 5) is 4.04. The second-order valence-corrected chi connectivity index (χ2v) is 7.41. The molecule has 1 aromatic heterocycles. The van der Waals surface area contributed by atoms with E-state index in [0.717, 1.165) is 11.3 Å². The van der Waals surface area contributed by atoms with Crippen molar-refractivity contribution in [3.63, 3.8) is 0 Å². The van der Waals surface area contributed by atoms with Crippen molar-refractivity contribution in [2.75, 3.05) is 13.2 Å². The number of aromatic nitrogens is 2. The van der Waals surface area contributed by atoms with Crippen molar-refractivity contribution in [2.45, 2.75) is 44.9 Å². The van der Waals surface area contributed by atoms with E-state index in [1.165, 1.54) is 0 Å². The van der Waals surface area contributed by atoms with Crippen molar-refractivity contribution >= 4 is 23.2 Å². The van der Waals surface area contributed by atoms with Crippen LogP contribution in [0.5, 0.6) is 0 Å². The molecule has 5 nitrogen and oxygen atoms in total. The molecular formula is C19H23N3O2S. The highest BCUT2D eigenvalue weighted by Gasteiger charge is 2.35. The van der Waals surface area contributed by atoms with E-state index >= 15 is 0 Å². The predicted octanol–water partition coefficient (Wildman–Crippen LogP) is 4.07. The van der Waals surface area contributed by atoms with Crippen LogP contribution in [0, 0.1) is 0 Å². The summed E-state index contributed by atoms with van der Waals surface area (Å²) in [6.45, 7) is 8.16. The minimum atomic E-state index is -0.0746. The molecule has 0 saturated carbocycles. The first-order valence-corrected chi connectivity index (χ1v) is 8.81. The first-order chi connectivity index (χ1) is 12.0. The Bertz CT molecular complexity index is 761. The molecule has 2 aromatic rings. The monoisotopic (exact) mass is 357 g/mol. The number of hydrogen-bond donors (Lipinski definition) is 0. The van der Waals surface area contributed by atoms with Crippen LogP contribution in [-0.2, 0) is 21.5 Å². The molecule has 0 spiro atoms. The molecule has 132 valence electrons. The molecule has 3 rings (SSSR count). The maximum Gasteiger partial charge on any atom is 0.184 e. The van der Waals surface area contributed by atoms with Crippen molar-refractivity contribution in [2.24, 2.45) is 4.99 Å². The normalized spacial score (nSPS) is 20.4. The van der Waals surface area contributed by atoms with Gasteiger partial charge in [0.2, 0.25) is 0 Å². The second kappa shape index (κ2) is 7.58. The lowest BCUT2D eigenvalue weighted by molar-refractivity contribution is 0.0143. The van der Waals surface area contributed by atoms with E-state index < -0.39 is 0 Å². The molecule has 0 aliphatic carbocycles. The Morgan fingerprint density at radius 1 is 1.32 bits per heavy atom. The summed E-state index contributed by atoms with van der Waals surface area (Å²) in [5.41, 5.74) is 2.16. The van der Waals surface area contributed by atoms with Gasteiger partial charge in [0.25, 0.3) is 0 Å². The lowest BCUT2D eigenvalue weighted by Gasteiger charge is -2.26. The third-order valence-electron chi connectivity index (χ3n) is 4.27. The van der Waals surface area contributed by atoms with Gasteiger partial charge in [0.15, 0.2) is 5.82 Å². The zero-order valence-electron chi connectivity index (χ0n) is 14.8. The van der Waals surface area contributed by atoms with Gasteiger partial charge in [-0.1, -0.05) is 51.1 Å². The van der Waals surface area contributed by atoms with Gasteiger partial charge < -0.3 is 9.47 Å². The fourth-order valence-electron chi connectivity index (χ4n) is 2.98. The third-order valence-corrected chi connectivity index (χ3v) is 4.36. The second-order valence-electron chi connectivity index (χ2n) is 7.23. The summed E-state index contributed by atoms with van der Waals surface area (Å²) in [5, 5.41) is 7.01. The summed E-state index contributed by atoms with van der Waals surface area (Å²) in [6.07, 6.45) is -0.0504. The van der Waals surface area contributed by atoms with E-state index in [1.54, 1.807) is 0 Å². The van der Waals surface area contributed by atoms with Gasteiger partial charge in [-0.05, 0) is 17.8 Å². The highest BCUT2D eigenvalue weighted by Crippen LogP contribution is 2.32. The van der Waals surface area contributed by atoms with Gasteiger partial charge >= 0.3 is 0 Å². The quantitative estimate of drug-likeness (QED) is 0.598. The minimum Gasteiger partial charge on any atom is -0.376 e. The van der Waals surface area contributed by atoms with Crippen LogP contribution in [0.2, 0.25) is 0 Å². The topological polar surface area (TPSA) is 48.6 Å². The summed E-state index contributed by atoms with van der Waals surface area (Å²) in [5.74, 6) is 0.577. The van der Waals surface area contributed by atoms with Gasteiger partial charge in [-0.15, -0.1) is 0 Å². The highest BCUT2D eigenvalue weighted by molar-refractivity contribution is 7.78. The number of thiocarbonyl (C=S) groups is 1. The molecule has 1 aliphatic heterocycles. The minimum absolute atomic E-state index is 0.0204. The Balaban J connectivity index is 1.83. The molecule has 2 atom stereocenters. The third kappa shape index (κ3) is 4.22. The molecule has 0 radical (unpaired) electrons. The number of rotatable bonds is 5. The fraction of sp³-hybridized carbons (Fsp3) is 0.474. The van der Waals surface area contributed by atoms with Crippen LogP contribution in [0.15, 0.2) is 41.4 Å². The molecule has 25 heavy (non-hydrogen) atoms. The van der Waals surface area contributed by atoms with Crippen LogP contribution >= 0.6 is 12.2 Å². The molecule has 2 unspecified atom stereocenters. The number of hydrogen-bond acceptors (Lipinski definition) is 5. The van der Waals surface area contributed by atoms with Gasteiger partial charge in [-0.2, -0.15) is 10.1 Å². The number of isothiocyanates is 1. The number of nitrogens with zero attached hydrogens (tertiary/aromatic N) is 3. The van der Waals surface area contributed by atoms with E-state index in [4.69, 9.17) is 21.7 Å².